The van der Waals surface area contributed by atoms with E-state index in [1.165, 1.54) is 32.1 Å². The molecule has 5 heteroatoms. The molecule has 0 heterocycles. The molecule has 0 saturated heterocycles. The third-order valence-corrected chi connectivity index (χ3v) is 6.35. The molecule has 5 nitrogen and oxygen atoms in total. The highest BCUT2D eigenvalue weighted by Gasteiger charge is 2.16. The van der Waals surface area contributed by atoms with Crippen LogP contribution in [0.3, 0.4) is 0 Å². The van der Waals surface area contributed by atoms with Crippen LogP contribution in [0.15, 0.2) is 54.6 Å². The Kier molecular flexibility index (Phi) is 7.84. The number of carboxylic acid groups (broad SMARTS) is 1. The number of rotatable bonds is 10. The number of benzene rings is 3. The maximum atomic E-state index is 11.1. The number of aryl methyl sites for hydroxylation is 1. The maximum Gasteiger partial charge on any atom is 0.303 e. The van der Waals surface area contributed by atoms with Gasteiger partial charge in [-0.15, -0.1) is 0 Å². The van der Waals surface area contributed by atoms with Crippen LogP contribution in [0.25, 0.3) is 21.9 Å². The van der Waals surface area contributed by atoms with Gasteiger partial charge in [-0.3, -0.25) is 4.79 Å². The first-order valence-corrected chi connectivity index (χ1v) is 11.9. The quantitative estimate of drug-likeness (QED) is 0.407. The molecule has 1 aliphatic carbocycles. The topological polar surface area (TPSA) is 76.0 Å². The van der Waals surface area contributed by atoms with Gasteiger partial charge in [0.05, 0.1) is 13.2 Å². The lowest BCUT2D eigenvalue weighted by atomic mass is 9.90. The summed E-state index contributed by atoms with van der Waals surface area (Å²) in [6.07, 6.45) is 6.93. The SMILES string of the molecule is O=C(O)CCc1ccc(OCC2CCCCC2)c(-c2ccc3cc(OCCO)ccc3c2)c1. The second-order valence-electron chi connectivity index (χ2n) is 8.84. The normalized spacial score (nSPS) is 14.3. The Labute approximate surface area is 195 Å². The summed E-state index contributed by atoms with van der Waals surface area (Å²) in [5, 5.41) is 20.2. The highest BCUT2D eigenvalue weighted by atomic mass is 16.5. The van der Waals surface area contributed by atoms with Crippen molar-refractivity contribution in [2.24, 2.45) is 5.92 Å². The average molecular weight is 449 g/mol. The molecule has 0 aliphatic heterocycles. The van der Waals surface area contributed by atoms with Gasteiger partial charge in [0, 0.05) is 12.0 Å². The summed E-state index contributed by atoms with van der Waals surface area (Å²) in [5.41, 5.74) is 3.03. The number of aliphatic carboxylic acids is 1. The largest absolute Gasteiger partial charge is 0.493 e. The summed E-state index contributed by atoms with van der Waals surface area (Å²) in [5.74, 6) is 1.39. The third kappa shape index (κ3) is 6.26. The van der Waals surface area contributed by atoms with Gasteiger partial charge in [0.25, 0.3) is 0 Å². The van der Waals surface area contributed by atoms with Gasteiger partial charge in [0.15, 0.2) is 0 Å². The van der Waals surface area contributed by atoms with Gasteiger partial charge < -0.3 is 19.7 Å². The van der Waals surface area contributed by atoms with Crippen LogP contribution in [-0.4, -0.2) is 36.0 Å². The lowest BCUT2D eigenvalue weighted by molar-refractivity contribution is -0.136. The van der Waals surface area contributed by atoms with E-state index in [1.54, 1.807) is 0 Å². The molecular formula is C28H32O5. The Balaban J connectivity index is 1.62. The van der Waals surface area contributed by atoms with E-state index in [0.717, 1.165) is 45.6 Å². The fourth-order valence-electron chi connectivity index (χ4n) is 4.54. The molecule has 33 heavy (non-hydrogen) atoms. The zero-order valence-electron chi connectivity index (χ0n) is 19.0. The van der Waals surface area contributed by atoms with Gasteiger partial charge in [-0.25, -0.2) is 0 Å². The van der Waals surface area contributed by atoms with Gasteiger partial charge in [-0.1, -0.05) is 43.5 Å². The number of hydrogen-bond acceptors (Lipinski definition) is 4. The van der Waals surface area contributed by atoms with E-state index in [-0.39, 0.29) is 19.6 Å². The average Bonchev–Trinajstić information content (AvgIpc) is 2.85. The van der Waals surface area contributed by atoms with Crippen LogP contribution in [0.4, 0.5) is 0 Å². The van der Waals surface area contributed by atoms with Crippen LogP contribution in [-0.2, 0) is 11.2 Å². The van der Waals surface area contributed by atoms with Crippen molar-refractivity contribution >= 4 is 16.7 Å². The minimum atomic E-state index is -0.792. The van der Waals surface area contributed by atoms with E-state index in [0.29, 0.717) is 12.3 Å². The van der Waals surface area contributed by atoms with Crippen molar-refractivity contribution in [1.82, 2.24) is 0 Å². The van der Waals surface area contributed by atoms with E-state index in [1.807, 2.05) is 30.3 Å². The van der Waals surface area contributed by atoms with Crippen molar-refractivity contribution in [1.29, 1.82) is 0 Å². The number of ether oxygens (including phenoxy) is 2. The Bertz CT molecular complexity index is 1080. The molecule has 3 aromatic rings. The summed E-state index contributed by atoms with van der Waals surface area (Å²) in [6, 6.07) is 18.2. The van der Waals surface area contributed by atoms with Crippen molar-refractivity contribution in [2.45, 2.75) is 44.9 Å². The number of aliphatic hydroxyl groups is 1. The molecule has 2 N–H and O–H groups in total. The van der Waals surface area contributed by atoms with E-state index in [2.05, 4.69) is 24.3 Å². The molecule has 3 aromatic carbocycles. The highest BCUT2D eigenvalue weighted by Crippen LogP contribution is 2.35. The minimum absolute atomic E-state index is 0.0151. The van der Waals surface area contributed by atoms with Crippen LogP contribution in [0.2, 0.25) is 0 Å². The van der Waals surface area contributed by atoms with Gasteiger partial charge in [-0.05, 0) is 77.4 Å². The van der Waals surface area contributed by atoms with Crippen molar-refractivity contribution < 1.29 is 24.5 Å². The molecule has 0 atom stereocenters. The summed E-state index contributed by atoms with van der Waals surface area (Å²) in [6.45, 7) is 0.980. The second-order valence-corrected chi connectivity index (χ2v) is 8.84. The van der Waals surface area contributed by atoms with E-state index < -0.39 is 5.97 Å². The molecular weight excluding hydrogens is 416 g/mol. The Hall–Kier alpha value is -3.05. The van der Waals surface area contributed by atoms with E-state index in [9.17, 15) is 4.79 Å². The molecule has 0 radical (unpaired) electrons. The fraction of sp³-hybridized carbons (Fsp3) is 0.393. The van der Waals surface area contributed by atoms with Gasteiger partial charge >= 0.3 is 5.97 Å². The molecule has 1 aliphatic rings. The summed E-state index contributed by atoms with van der Waals surface area (Å²) in [7, 11) is 0. The Morgan fingerprint density at radius 3 is 2.48 bits per heavy atom. The summed E-state index contributed by atoms with van der Waals surface area (Å²) in [4.78, 5) is 11.1. The van der Waals surface area contributed by atoms with Crippen LogP contribution >= 0.6 is 0 Å². The van der Waals surface area contributed by atoms with E-state index >= 15 is 0 Å². The van der Waals surface area contributed by atoms with Gasteiger partial charge in [-0.2, -0.15) is 0 Å². The minimum Gasteiger partial charge on any atom is -0.493 e. The molecule has 4 rings (SSSR count). The molecule has 0 bridgehead atoms. The molecule has 0 spiro atoms. The zero-order chi connectivity index (χ0) is 23.0. The second kappa shape index (κ2) is 11.2. The predicted octanol–water partition coefficient (Wildman–Crippen LogP) is 5.85. The van der Waals surface area contributed by atoms with E-state index in [4.69, 9.17) is 19.7 Å². The van der Waals surface area contributed by atoms with Crippen LogP contribution < -0.4 is 9.47 Å². The zero-order valence-corrected chi connectivity index (χ0v) is 19.0. The lowest BCUT2D eigenvalue weighted by Gasteiger charge is -2.23. The smallest absolute Gasteiger partial charge is 0.303 e. The number of carboxylic acids is 1. The van der Waals surface area contributed by atoms with Crippen molar-refractivity contribution in [3.05, 3.63) is 60.2 Å². The molecule has 0 amide bonds. The summed E-state index contributed by atoms with van der Waals surface area (Å²) >= 11 is 0. The third-order valence-electron chi connectivity index (χ3n) is 6.35. The first-order chi connectivity index (χ1) is 16.1. The standard InChI is InChI=1S/C28H32O5/c29-14-15-32-25-11-10-22-17-24(9-8-23(22)18-25)26-16-20(7-13-28(30)31)6-12-27(26)33-19-21-4-2-1-3-5-21/h6,8-12,16-18,21,29H,1-5,7,13-15,19H2,(H,30,31). The molecule has 1 fully saturated rings. The van der Waals surface area contributed by atoms with Crippen LogP contribution in [0.1, 0.15) is 44.1 Å². The lowest BCUT2D eigenvalue weighted by Crippen LogP contribution is -2.15. The van der Waals surface area contributed by atoms with Gasteiger partial charge in [0.1, 0.15) is 18.1 Å². The first-order valence-electron chi connectivity index (χ1n) is 11.9. The first kappa shape index (κ1) is 23.1. The molecule has 0 unspecified atom stereocenters. The Morgan fingerprint density at radius 1 is 0.909 bits per heavy atom. The molecule has 1 saturated carbocycles. The van der Waals surface area contributed by atoms with Gasteiger partial charge in [0.2, 0.25) is 0 Å². The number of carbonyl (C=O) groups is 1. The molecule has 0 aromatic heterocycles. The van der Waals surface area contributed by atoms with Crippen LogP contribution in [0.5, 0.6) is 11.5 Å². The maximum absolute atomic E-state index is 11.1. The predicted molar refractivity (Wildman–Crippen MR) is 130 cm³/mol. The van der Waals surface area contributed by atoms with Crippen molar-refractivity contribution in [3.8, 4) is 22.6 Å². The van der Waals surface area contributed by atoms with Crippen LogP contribution in [0, 0.1) is 5.92 Å². The molecule has 174 valence electrons. The Morgan fingerprint density at radius 2 is 1.70 bits per heavy atom. The number of fused-ring (bicyclic) bond motifs is 1. The van der Waals surface area contributed by atoms with Crippen molar-refractivity contribution in [2.75, 3.05) is 19.8 Å². The number of hydrogen-bond donors (Lipinski definition) is 2. The fourth-order valence-corrected chi connectivity index (χ4v) is 4.54. The van der Waals surface area contributed by atoms with Crippen molar-refractivity contribution in [3.63, 3.8) is 0 Å². The monoisotopic (exact) mass is 448 g/mol. The highest BCUT2D eigenvalue weighted by molar-refractivity contribution is 5.89. The summed E-state index contributed by atoms with van der Waals surface area (Å²) < 4.78 is 11.9. The number of aliphatic hydroxyl groups excluding tert-OH is 1.